The van der Waals surface area contributed by atoms with Crippen molar-refractivity contribution in [3.63, 3.8) is 0 Å². The fraction of sp³-hybridized carbons (Fsp3) is 0.214. The summed E-state index contributed by atoms with van der Waals surface area (Å²) in [6.45, 7) is 5.78. The van der Waals surface area contributed by atoms with E-state index in [2.05, 4.69) is 16.8 Å². The monoisotopic (exact) mass is 231 g/mol. The van der Waals surface area contributed by atoms with Crippen LogP contribution >= 0.6 is 11.6 Å². The first-order valence-corrected chi connectivity index (χ1v) is 5.66. The van der Waals surface area contributed by atoms with E-state index in [1.807, 2.05) is 38.1 Å². The zero-order chi connectivity index (χ0) is 12.0. The smallest absolute Gasteiger partial charge is 0.0717 e. The summed E-state index contributed by atoms with van der Waals surface area (Å²) in [6, 6.07) is 7.77. The Morgan fingerprint density at radius 1 is 1.19 bits per heavy atom. The zero-order valence-corrected chi connectivity index (χ0v) is 10.5. The quantitative estimate of drug-likeness (QED) is 0.617. The molecule has 0 aliphatic carbocycles. The van der Waals surface area contributed by atoms with E-state index in [4.69, 9.17) is 11.6 Å². The van der Waals surface area contributed by atoms with Crippen molar-refractivity contribution < 1.29 is 0 Å². The van der Waals surface area contributed by atoms with E-state index in [9.17, 15) is 0 Å². The van der Waals surface area contributed by atoms with Crippen molar-refractivity contribution in [1.82, 2.24) is 4.98 Å². The summed E-state index contributed by atoms with van der Waals surface area (Å²) < 4.78 is 0. The molecule has 1 nitrogen and oxygen atoms in total. The van der Waals surface area contributed by atoms with E-state index in [-0.39, 0.29) is 0 Å². The predicted molar refractivity (Wildman–Crippen MR) is 70.7 cm³/mol. The topological polar surface area (TPSA) is 12.9 Å². The maximum absolute atomic E-state index is 6.18. The number of aromatic nitrogens is 1. The average Bonchev–Trinajstić information content (AvgIpc) is 2.36. The van der Waals surface area contributed by atoms with E-state index < -0.39 is 0 Å². The molecular formula is C14H14ClN. The van der Waals surface area contributed by atoms with Crippen LogP contribution in [0, 0.1) is 11.8 Å². The molecule has 0 spiro atoms. The molecule has 0 bridgehead atoms. The average molecular weight is 232 g/mol. The summed E-state index contributed by atoms with van der Waals surface area (Å²) >= 11 is 6.18. The molecule has 82 valence electrons. The first kappa shape index (κ1) is 12.5. The highest BCUT2D eigenvalue weighted by Gasteiger charge is 2.03. The second-order valence-corrected chi connectivity index (χ2v) is 3.26. The van der Waals surface area contributed by atoms with Crippen LogP contribution in [-0.2, 0) is 0 Å². The van der Waals surface area contributed by atoms with Crippen molar-refractivity contribution >= 4 is 22.5 Å². The van der Waals surface area contributed by atoms with Gasteiger partial charge in [0.2, 0.25) is 0 Å². The van der Waals surface area contributed by atoms with Crippen LogP contribution in [-0.4, -0.2) is 4.98 Å². The second-order valence-electron chi connectivity index (χ2n) is 2.88. The van der Waals surface area contributed by atoms with Gasteiger partial charge < -0.3 is 0 Å². The molecule has 1 aromatic heterocycles. The van der Waals surface area contributed by atoms with Crippen molar-refractivity contribution in [1.29, 1.82) is 0 Å². The minimum Gasteiger partial charge on any atom is -0.255 e. The minimum absolute atomic E-state index is 0.685. The van der Waals surface area contributed by atoms with Gasteiger partial charge in [-0.2, -0.15) is 0 Å². The van der Waals surface area contributed by atoms with Gasteiger partial charge >= 0.3 is 0 Å². The molecular weight excluding hydrogens is 218 g/mol. The van der Waals surface area contributed by atoms with Crippen LogP contribution in [0.4, 0.5) is 0 Å². The van der Waals surface area contributed by atoms with Crippen LogP contribution in [0.15, 0.2) is 30.5 Å². The number of hydrogen-bond donors (Lipinski definition) is 0. The Morgan fingerprint density at radius 2 is 1.88 bits per heavy atom. The Morgan fingerprint density at radius 3 is 2.56 bits per heavy atom. The first-order chi connectivity index (χ1) is 7.83. The maximum atomic E-state index is 6.18. The lowest BCUT2D eigenvalue weighted by Gasteiger charge is -2.00. The number of pyridine rings is 1. The van der Waals surface area contributed by atoms with Gasteiger partial charge in [0.05, 0.1) is 16.1 Å². The Labute approximate surface area is 101 Å². The summed E-state index contributed by atoms with van der Waals surface area (Å²) in [5, 5.41) is 1.64. The molecule has 0 unspecified atom stereocenters. The van der Waals surface area contributed by atoms with Gasteiger partial charge in [0.1, 0.15) is 0 Å². The van der Waals surface area contributed by atoms with Crippen LogP contribution < -0.4 is 0 Å². The summed E-state index contributed by atoms with van der Waals surface area (Å²) in [6.07, 6.45) is 1.71. The number of fused-ring (bicyclic) bond motifs is 1. The molecule has 1 aromatic carbocycles. The highest BCUT2D eigenvalue weighted by molar-refractivity contribution is 6.36. The third kappa shape index (κ3) is 2.53. The lowest BCUT2D eigenvalue weighted by Crippen LogP contribution is -1.84. The van der Waals surface area contributed by atoms with E-state index in [0.29, 0.717) is 5.02 Å². The van der Waals surface area contributed by atoms with Gasteiger partial charge in [-0.15, -0.1) is 5.92 Å². The summed E-state index contributed by atoms with van der Waals surface area (Å²) in [4.78, 5) is 4.27. The van der Waals surface area contributed by atoms with E-state index >= 15 is 0 Å². The normalized spacial score (nSPS) is 8.75. The molecule has 0 saturated heterocycles. The third-order valence-electron chi connectivity index (χ3n) is 1.97. The minimum atomic E-state index is 0.685. The highest BCUT2D eigenvalue weighted by atomic mass is 35.5. The van der Waals surface area contributed by atoms with Crippen LogP contribution in [0.3, 0.4) is 0 Å². The van der Waals surface area contributed by atoms with Crippen molar-refractivity contribution in [2.75, 3.05) is 0 Å². The molecule has 0 aliphatic heterocycles. The molecule has 0 saturated carbocycles. The Bertz CT molecular complexity index is 535. The largest absolute Gasteiger partial charge is 0.255 e. The van der Waals surface area contributed by atoms with Gasteiger partial charge in [-0.1, -0.05) is 49.6 Å². The van der Waals surface area contributed by atoms with Crippen molar-refractivity contribution in [3.05, 3.63) is 41.0 Å². The fourth-order valence-electron chi connectivity index (χ4n) is 1.33. The maximum Gasteiger partial charge on any atom is 0.0717 e. The van der Waals surface area contributed by atoms with Crippen molar-refractivity contribution in [2.24, 2.45) is 0 Å². The predicted octanol–water partition coefficient (Wildman–Crippen LogP) is 4.29. The summed E-state index contributed by atoms with van der Waals surface area (Å²) in [5.41, 5.74) is 1.69. The zero-order valence-electron chi connectivity index (χ0n) is 9.71. The van der Waals surface area contributed by atoms with Gasteiger partial charge in [0, 0.05) is 11.6 Å². The molecule has 2 aromatic rings. The first-order valence-electron chi connectivity index (χ1n) is 5.29. The number of nitrogens with zero attached hydrogens (tertiary/aromatic N) is 1. The Balaban J connectivity index is 0.000000606. The van der Waals surface area contributed by atoms with Crippen molar-refractivity contribution in [3.8, 4) is 11.8 Å². The number of para-hydroxylation sites is 1. The lowest BCUT2D eigenvalue weighted by atomic mass is 10.1. The van der Waals surface area contributed by atoms with E-state index in [1.54, 1.807) is 13.1 Å². The number of rotatable bonds is 0. The Kier molecular flexibility index (Phi) is 4.82. The van der Waals surface area contributed by atoms with Gasteiger partial charge in [-0.25, -0.2) is 0 Å². The molecule has 2 heteroatoms. The van der Waals surface area contributed by atoms with Gasteiger partial charge in [0.25, 0.3) is 0 Å². The van der Waals surface area contributed by atoms with Crippen molar-refractivity contribution in [2.45, 2.75) is 20.8 Å². The summed E-state index contributed by atoms with van der Waals surface area (Å²) in [5.74, 6) is 5.74. The number of halogens is 1. The Hall–Kier alpha value is -1.52. The molecule has 0 N–H and O–H groups in total. The van der Waals surface area contributed by atoms with Gasteiger partial charge in [-0.05, 0) is 13.0 Å². The molecule has 0 atom stereocenters. The lowest BCUT2D eigenvalue weighted by molar-refractivity contribution is 1.39. The second kappa shape index (κ2) is 6.15. The van der Waals surface area contributed by atoms with Crippen LogP contribution in [0.5, 0.6) is 0 Å². The third-order valence-corrected chi connectivity index (χ3v) is 2.38. The standard InChI is InChI=1S/C12H8ClN.C2H6/c1-2-5-9-8-14-11-7-4-3-6-10(11)12(9)13;1-2/h3-4,6-8H,1H3;1-2H3. The molecule has 0 radical (unpaired) electrons. The number of benzene rings is 1. The van der Waals surface area contributed by atoms with E-state index in [1.165, 1.54) is 0 Å². The number of hydrogen-bond acceptors (Lipinski definition) is 1. The molecule has 1 heterocycles. The molecule has 16 heavy (non-hydrogen) atoms. The van der Waals surface area contributed by atoms with Crippen LogP contribution in [0.1, 0.15) is 26.3 Å². The van der Waals surface area contributed by atoms with Crippen LogP contribution in [0.25, 0.3) is 10.9 Å². The molecule has 0 amide bonds. The summed E-state index contributed by atoms with van der Waals surface area (Å²) in [7, 11) is 0. The highest BCUT2D eigenvalue weighted by Crippen LogP contribution is 2.24. The van der Waals surface area contributed by atoms with Gasteiger partial charge in [0.15, 0.2) is 0 Å². The van der Waals surface area contributed by atoms with Gasteiger partial charge in [-0.3, -0.25) is 4.98 Å². The molecule has 2 rings (SSSR count). The van der Waals surface area contributed by atoms with Crippen LogP contribution in [0.2, 0.25) is 5.02 Å². The SMILES string of the molecule is CC.CC#Cc1cnc2ccccc2c1Cl. The molecule has 0 aliphatic rings. The molecule has 0 fully saturated rings. The fourth-order valence-corrected chi connectivity index (χ4v) is 1.59. The van der Waals surface area contributed by atoms with E-state index in [0.717, 1.165) is 16.5 Å².